The topological polar surface area (TPSA) is 102 Å². The number of aliphatic carboxylic acids is 1. The van der Waals surface area contributed by atoms with Gasteiger partial charge < -0.3 is 14.6 Å². The summed E-state index contributed by atoms with van der Waals surface area (Å²) in [5.74, 6) is -0.443. The van der Waals surface area contributed by atoms with Crippen molar-refractivity contribution in [2.45, 2.75) is 17.7 Å². The SMILES string of the molecule is COc1ccc(OC)c(S(=O)(=O)NCC2(C(=O)O)CC2)c1. The van der Waals surface area contributed by atoms with Crippen molar-refractivity contribution in [2.24, 2.45) is 5.41 Å². The fraction of sp³-hybridized carbons (Fsp3) is 0.462. The van der Waals surface area contributed by atoms with E-state index < -0.39 is 21.4 Å². The van der Waals surface area contributed by atoms with Crippen molar-refractivity contribution in [3.05, 3.63) is 18.2 Å². The molecule has 21 heavy (non-hydrogen) atoms. The Morgan fingerprint density at radius 3 is 2.48 bits per heavy atom. The second kappa shape index (κ2) is 5.53. The molecule has 0 saturated heterocycles. The first-order valence-electron chi connectivity index (χ1n) is 6.30. The summed E-state index contributed by atoms with van der Waals surface area (Å²) in [6.07, 6.45) is 0.945. The van der Waals surface area contributed by atoms with Gasteiger partial charge in [-0.25, -0.2) is 13.1 Å². The van der Waals surface area contributed by atoms with Crippen molar-refractivity contribution < 1.29 is 27.8 Å². The predicted octanol–water partition coefficient (Wildman–Crippen LogP) is 0.847. The molecule has 1 aromatic rings. The lowest BCUT2D eigenvalue weighted by Gasteiger charge is -2.14. The van der Waals surface area contributed by atoms with E-state index in [4.69, 9.17) is 14.6 Å². The Labute approximate surface area is 122 Å². The Morgan fingerprint density at radius 1 is 1.33 bits per heavy atom. The van der Waals surface area contributed by atoms with E-state index in [1.807, 2.05) is 0 Å². The van der Waals surface area contributed by atoms with Gasteiger partial charge in [-0.2, -0.15) is 0 Å². The molecule has 1 fully saturated rings. The van der Waals surface area contributed by atoms with Crippen LogP contribution in [0, 0.1) is 5.41 Å². The lowest BCUT2D eigenvalue weighted by molar-refractivity contribution is -0.143. The summed E-state index contributed by atoms with van der Waals surface area (Å²) in [7, 11) is -1.09. The lowest BCUT2D eigenvalue weighted by atomic mass is 10.1. The molecular formula is C13H17NO6S. The van der Waals surface area contributed by atoms with Crippen LogP contribution < -0.4 is 14.2 Å². The average Bonchev–Trinajstić information content (AvgIpc) is 3.26. The van der Waals surface area contributed by atoms with Gasteiger partial charge >= 0.3 is 5.97 Å². The molecule has 1 aliphatic carbocycles. The largest absolute Gasteiger partial charge is 0.497 e. The van der Waals surface area contributed by atoms with E-state index in [1.165, 1.54) is 26.4 Å². The van der Waals surface area contributed by atoms with Crippen LogP contribution in [0.3, 0.4) is 0 Å². The van der Waals surface area contributed by atoms with Gasteiger partial charge in [0.05, 0.1) is 19.6 Å². The second-order valence-corrected chi connectivity index (χ2v) is 6.66. The molecule has 1 saturated carbocycles. The summed E-state index contributed by atoms with van der Waals surface area (Å²) in [5, 5.41) is 9.07. The number of carboxylic acids is 1. The van der Waals surface area contributed by atoms with Gasteiger partial charge in [0, 0.05) is 12.6 Å². The lowest BCUT2D eigenvalue weighted by Crippen LogP contribution is -2.34. The van der Waals surface area contributed by atoms with Crippen LogP contribution in [0.4, 0.5) is 0 Å². The van der Waals surface area contributed by atoms with Crippen LogP contribution >= 0.6 is 0 Å². The zero-order chi connectivity index (χ0) is 15.7. The molecule has 0 radical (unpaired) electrons. The molecule has 2 rings (SSSR count). The molecule has 0 aromatic heterocycles. The first-order chi connectivity index (χ1) is 9.84. The number of carbonyl (C=O) groups is 1. The molecule has 7 nitrogen and oxygen atoms in total. The molecule has 0 atom stereocenters. The maximum absolute atomic E-state index is 12.3. The first kappa shape index (κ1) is 15.6. The van der Waals surface area contributed by atoms with Crippen LogP contribution in [0.15, 0.2) is 23.1 Å². The molecule has 0 spiro atoms. The van der Waals surface area contributed by atoms with Crippen LogP contribution in [-0.4, -0.2) is 40.3 Å². The third-order valence-corrected chi connectivity index (χ3v) is 4.99. The number of carboxylic acid groups (broad SMARTS) is 1. The van der Waals surface area contributed by atoms with Gasteiger partial charge in [0.15, 0.2) is 0 Å². The number of ether oxygens (including phenoxy) is 2. The minimum Gasteiger partial charge on any atom is -0.497 e. The van der Waals surface area contributed by atoms with Crippen molar-refractivity contribution in [1.82, 2.24) is 4.72 Å². The van der Waals surface area contributed by atoms with E-state index in [0.717, 1.165) is 0 Å². The van der Waals surface area contributed by atoms with Gasteiger partial charge in [0.1, 0.15) is 16.4 Å². The van der Waals surface area contributed by atoms with E-state index in [2.05, 4.69) is 4.72 Å². The van der Waals surface area contributed by atoms with E-state index in [-0.39, 0.29) is 17.2 Å². The van der Waals surface area contributed by atoms with Gasteiger partial charge in [0.2, 0.25) is 10.0 Å². The van der Waals surface area contributed by atoms with Crippen LogP contribution in [0.2, 0.25) is 0 Å². The van der Waals surface area contributed by atoms with Crippen molar-refractivity contribution in [1.29, 1.82) is 0 Å². The molecule has 0 heterocycles. The fourth-order valence-corrected chi connectivity index (χ4v) is 3.23. The molecule has 0 unspecified atom stereocenters. The summed E-state index contributed by atoms with van der Waals surface area (Å²) in [6.45, 7) is -0.134. The van der Waals surface area contributed by atoms with E-state index >= 15 is 0 Å². The van der Waals surface area contributed by atoms with Crippen LogP contribution in [0.1, 0.15) is 12.8 Å². The van der Waals surface area contributed by atoms with Gasteiger partial charge in [0.25, 0.3) is 0 Å². The van der Waals surface area contributed by atoms with Crippen LogP contribution in [0.5, 0.6) is 11.5 Å². The summed E-state index contributed by atoms with van der Waals surface area (Å²) in [6, 6.07) is 4.40. The smallest absolute Gasteiger partial charge is 0.310 e. The quantitative estimate of drug-likeness (QED) is 0.773. The number of benzene rings is 1. The summed E-state index contributed by atoms with van der Waals surface area (Å²) in [5.41, 5.74) is -0.973. The Kier molecular flexibility index (Phi) is 4.11. The van der Waals surface area contributed by atoms with Gasteiger partial charge in [-0.15, -0.1) is 0 Å². The zero-order valence-corrected chi connectivity index (χ0v) is 12.6. The summed E-state index contributed by atoms with van der Waals surface area (Å²) in [4.78, 5) is 11.0. The third kappa shape index (κ3) is 3.11. The normalized spacial score (nSPS) is 16.3. The Morgan fingerprint density at radius 2 is 2.00 bits per heavy atom. The van der Waals surface area contributed by atoms with E-state index in [0.29, 0.717) is 18.6 Å². The fourth-order valence-electron chi connectivity index (χ4n) is 1.92. The Hall–Kier alpha value is -1.80. The number of hydrogen-bond acceptors (Lipinski definition) is 5. The van der Waals surface area contributed by atoms with Crippen LogP contribution in [-0.2, 0) is 14.8 Å². The molecule has 2 N–H and O–H groups in total. The number of rotatable bonds is 7. The molecular weight excluding hydrogens is 298 g/mol. The molecule has 1 aliphatic rings. The van der Waals surface area contributed by atoms with Crippen molar-refractivity contribution in [3.8, 4) is 11.5 Å². The van der Waals surface area contributed by atoms with Gasteiger partial charge in [-0.05, 0) is 25.0 Å². The second-order valence-electron chi connectivity index (χ2n) is 4.93. The minimum atomic E-state index is -3.88. The first-order valence-corrected chi connectivity index (χ1v) is 7.78. The maximum Gasteiger partial charge on any atom is 0.310 e. The van der Waals surface area contributed by atoms with E-state index in [9.17, 15) is 13.2 Å². The highest BCUT2D eigenvalue weighted by molar-refractivity contribution is 7.89. The number of methoxy groups -OCH3 is 2. The Bertz CT molecular complexity index is 651. The number of hydrogen-bond donors (Lipinski definition) is 2. The van der Waals surface area contributed by atoms with Crippen LogP contribution in [0.25, 0.3) is 0 Å². The van der Waals surface area contributed by atoms with Crippen molar-refractivity contribution in [3.63, 3.8) is 0 Å². The molecule has 1 aromatic carbocycles. The summed E-state index contributed by atoms with van der Waals surface area (Å²) < 4.78 is 37.1. The zero-order valence-electron chi connectivity index (χ0n) is 11.8. The molecule has 116 valence electrons. The summed E-state index contributed by atoms with van der Waals surface area (Å²) >= 11 is 0. The number of nitrogens with one attached hydrogen (secondary N) is 1. The van der Waals surface area contributed by atoms with Gasteiger partial charge in [-0.3, -0.25) is 4.79 Å². The average molecular weight is 315 g/mol. The molecule has 0 aliphatic heterocycles. The highest BCUT2D eigenvalue weighted by Gasteiger charge is 2.50. The monoisotopic (exact) mass is 315 g/mol. The maximum atomic E-state index is 12.3. The predicted molar refractivity (Wildman–Crippen MR) is 74.0 cm³/mol. The molecule has 8 heteroatoms. The van der Waals surface area contributed by atoms with Gasteiger partial charge in [-0.1, -0.05) is 0 Å². The number of sulfonamides is 1. The third-order valence-electron chi connectivity index (χ3n) is 3.57. The Balaban J connectivity index is 2.25. The molecule has 0 amide bonds. The standard InChI is InChI=1S/C13H17NO6S/c1-19-9-3-4-10(20-2)11(7-9)21(17,18)14-8-13(5-6-13)12(15)16/h3-4,7,14H,5-6,8H2,1-2H3,(H,15,16). The minimum absolute atomic E-state index is 0.0782. The van der Waals surface area contributed by atoms with Crippen molar-refractivity contribution in [2.75, 3.05) is 20.8 Å². The molecule has 0 bridgehead atoms. The van der Waals surface area contributed by atoms with Crippen molar-refractivity contribution >= 4 is 16.0 Å². The van der Waals surface area contributed by atoms with E-state index in [1.54, 1.807) is 6.07 Å². The highest BCUT2D eigenvalue weighted by atomic mass is 32.2. The highest BCUT2D eigenvalue weighted by Crippen LogP contribution is 2.45.